The Labute approximate surface area is 134 Å². The van der Waals surface area contributed by atoms with E-state index in [-0.39, 0.29) is 6.54 Å². The molecule has 1 aromatic carbocycles. The fourth-order valence-electron chi connectivity index (χ4n) is 2.16. The van der Waals surface area contributed by atoms with E-state index in [1.165, 1.54) is 24.2 Å². The average Bonchev–Trinajstić information content (AvgIpc) is 3.37. The van der Waals surface area contributed by atoms with Crippen molar-refractivity contribution in [2.75, 3.05) is 13.6 Å². The molecule has 0 atom stereocenters. The third-order valence-electron chi connectivity index (χ3n) is 3.77. The number of aldehydes is 1. The predicted octanol–water partition coefficient (Wildman–Crippen LogP) is 2.20. The van der Waals surface area contributed by atoms with Crippen LogP contribution in [0.3, 0.4) is 0 Å². The topological polar surface area (TPSA) is 81.5 Å². The number of amides is 3. The molecule has 0 radical (unpaired) electrons. The maximum Gasteiger partial charge on any atom is 0.330 e. The van der Waals surface area contributed by atoms with Gasteiger partial charge in [-0.1, -0.05) is 18.2 Å². The highest BCUT2D eigenvalue weighted by Gasteiger charge is 2.45. The molecule has 0 N–H and O–H groups in total. The van der Waals surface area contributed by atoms with Crippen LogP contribution in [-0.4, -0.2) is 41.6 Å². The summed E-state index contributed by atoms with van der Waals surface area (Å²) in [7, 11) is 1.38. The SMILES string of the molecule is CN(C(=O)c1ccccc1)C(=O)N(/C=C\C=O)CC1(C#N)CC1. The first-order valence-electron chi connectivity index (χ1n) is 7.20. The fraction of sp³-hybridized carbons (Fsp3) is 0.294. The summed E-state index contributed by atoms with van der Waals surface area (Å²) < 4.78 is 0. The zero-order chi connectivity index (χ0) is 16.9. The standard InChI is InChI=1S/C17H17N3O3/c1-19(15(22)14-6-3-2-4-7-14)16(23)20(10-5-11-21)13-17(12-18)8-9-17/h2-7,10-11H,8-9,13H2,1H3/b10-5-. The van der Waals surface area contributed by atoms with Crippen LogP contribution in [0.4, 0.5) is 4.79 Å². The van der Waals surface area contributed by atoms with Crippen molar-refractivity contribution in [2.24, 2.45) is 5.41 Å². The molecule has 1 aromatic rings. The van der Waals surface area contributed by atoms with Gasteiger partial charge in [-0.25, -0.2) is 4.79 Å². The molecular weight excluding hydrogens is 294 g/mol. The average molecular weight is 311 g/mol. The van der Waals surface area contributed by atoms with Gasteiger partial charge in [-0.2, -0.15) is 5.26 Å². The van der Waals surface area contributed by atoms with Gasteiger partial charge in [-0.15, -0.1) is 0 Å². The molecule has 0 heterocycles. The molecule has 118 valence electrons. The maximum atomic E-state index is 12.5. The summed E-state index contributed by atoms with van der Waals surface area (Å²) in [6.07, 6.45) is 4.44. The first-order chi connectivity index (χ1) is 11.0. The van der Waals surface area contributed by atoms with Crippen molar-refractivity contribution >= 4 is 18.2 Å². The van der Waals surface area contributed by atoms with Crippen LogP contribution in [0.15, 0.2) is 42.6 Å². The van der Waals surface area contributed by atoms with Crippen LogP contribution in [-0.2, 0) is 4.79 Å². The number of nitrogens with zero attached hydrogens (tertiary/aromatic N) is 3. The Hall–Kier alpha value is -2.94. The van der Waals surface area contributed by atoms with Gasteiger partial charge < -0.3 is 0 Å². The van der Waals surface area contributed by atoms with Crippen molar-refractivity contribution in [3.63, 3.8) is 0 Å². The van der Waals surface area contributed by atoms with Gasteiger partial charge in [0.1, 0.15) is 6.29 Å². The van der Waals surface area contributed by atoms with Crippen molar-refractivity contribution in [3.05, 3.63) is 48.2 Å². The van der Waals surface area contributed by atoms with E-state index in [0.717, 1.165) is 4.90 Å². The highest BCUT2D eigenvalue weighted by molar-refractivity contribution is 6.04. The van der Waals surface area contributed by atoms with Crippen molar-refractivity contribution in [1.82, 2.24) is 9.80 Å². The number of hydrogen-bond acceptors (Lipinski definition) is 4. The molecule has 0 aromatic heterocycles. The second-order valence-electron chi connectivity index (χ2n) is 5.51. The molecule has 0 saturated heterocycles. The Bertz CT molecular complexity index is 672. The minimum Gasteiger partial charge on any atom is -0.299 e. The third kappa shape index (κ3) is 3.83. The Kier molecular flexibility index (Phi) is 4.91. The van der Waals surface area contributed by atoms with Crippen molar-refractivity contribution in [3.8, 4) is 6.07 Å². The number of allylic oxidation sites excluding steroid dienone is 1. The Balaban J connectivity index is 2.16. The van der Waals surface area contributed by atoms with Crippen molar-refractivity contribution in [2.45, 2.75) is 12.8 Å². The number of nitriles is 1. The lowest BCUT2D eigenvalue weighted by Gasteiger charge is -2.25. The first-order valence-corrected chi connectivity index (χ1v) is 7.20. The fourth-order valence-corrected chi connectivity index (χ4v) is 2.16. The number of urea groups is 1. The van der Waals surface area contributed by atoms with Gasteiger partial charge in [0.25, 0.3) is 5.91 Å². The molecule has 0 bridgehead atoms. The van der Waals surface area contributed by atoms with Crippen LogP contribution >= 0.6 is 0 Å². The molecule has 1 saturated carbocycles. The highest BCUT2D eigenvalue weighted by Crippen LogP contribution is 2.45. The van der Waals surface area contributed by atoms with E-state index in [1.54, 1.807) is 30.3 Å². The molecule has 6 heteroatoms. The Morgan fingerprint density at radius 3 is 2.48 bits per heavy atom. The molecule has 1 aliphatic rings. The van der Waals surface area contributed by atoms with Crippen molar-refractivity contribution in [1.29, 1.82) is 5.26 Å². The minimum absolute atomic E-state index is 0.166. The summed E-state index contributed by atoms with van der Waals surface area (Å²) in [5, 5.41) is 9.18. The van der Waals surface area contributed by atoms with Crippen LogP contribution in [0.25, 0.3) is 0 Å². The second-order valence-corrected chi connectivity index (χ2v) is 5.51. The van der Waals surface area contributed by atoms with E-state index in [1.807, 2.05) is 0 Å². The van der Waals surface area contributed by atoms with Gasteiger partial charge in [-0.3, -0.25) is 19.4 Å². The molecule has 0 unspecified atom stereocenters. The van der Waals surface area contributed by atoms with E-state index in [0.29, 0.717) is 24.7 Å². The lowest BCUT2D eigenvalue weighted by molar-refractivity contribution is -0.104. The van der Waals surface area contributed by atoms with Crippen LogP contribution < -0.4 is 0 Å². The summed E-state index contributed by atoms with van der Waals surface area (Å²) in [5.41, 5.74) is -0.177. The zero-order valence-corrected chi connectivity index (χ0v) is 12.8. The third-order valence-corrected chi connectivity index (χ3v) is 3.77. The molecular formula is C17H17N3O3. The van der Waals surface area contributed by atoms with Crippen LogP contribution in [0.2, 0.25) is 0 Å². The van der Waals surface area contributed by atoms with E-state index in [9.17, 15) is 19.6 Å². The smallest absolute Gasteiger partial charge is 0.299 e. The molecule has 23 heavy (non-hydrogen) atoms. The number of carbonyl (C=O) groups is 3. The van der Waals surface area contributed by atoms with Crippen LogP contribution in [0.1, 0.15) is 23.2 Å². The number of hydrogen-bond donors (Lipinski definition) is 0. The largest absolute Gasteiger partial charge is 0.330 e. The molecule has 0 spiro atoms. The number of carbonyl (C=O) groups excluding carboxylic acids is 3. The lowest BCUT2D eigenvalue weighted by Crippen LogP contribution is -2.43. The Morgan fingerprint density at radius 2 is 1.96 bits per heavy atom. The van der Waals surface area contributed by atoms with Gasteiger partial charge in [0, 0.05) is 25.4 Å². The Morgan fingerprint density at radius 1 is 1.30 bits per heavy atom. The first kappa shape index (κ1) is 16.4. The quantitative estimate of drug-likeness (QED) is 0.616. The summed E-state index contributed by atoms with van der Waals surface area (Å²) in [6, 6.07) is 10.1. The molecule has 2 rings (SSSR count). The van der Waals surface area contributed by atoms with E-state index in [2.05, 4.69) is 6.07 Å². The lowest BCUT2D eigenvalue weighted by atomic mass is 10.1. The van der Waals surface area contributed by atoms with Gasteiger partial charge in [0.15, 0.2) is 0 Å². The van der Waals surface area contributed by atoms with Crippen LogP contribution in [0, 0.1) is 16.7 Å². The summed E-state index contributed by atoms with van der Waals surface area (Å²) >= 11 is 0. The molecule has 0 aliphatic heterocycles. The number of imide groups is 1. The van der Waals surface area contributed by atoms with Gasteiger partial charge in [0.2, 0.25) is 0 Å². The molecule has 3 amide bonds. The van der Waals surface area contributed by atoms with E-state index < -0.39 is 17.4 Å². The number of benzene rings is 1. The summed E-state index contributed by atoms with van der Waals surface area (Å²) in [6.45, 7) is 0.166. The van der Waals surface area contributed by atoms with Crippen molar-refractivity contribution < 1.29 is 14.4 Å². The van der Waals surface area contributed by atoms with E-state index in [4.69, 9.17) is 0 Å². The second kappa shape index (κ2) is 6.88. The maximum absolute atomic E-state index is 12.5. The van der Waals surface area contributed by atoms with E-state index >= 15 is 0 Å². The van der Waals surface area contributed by atoms with Crippen LogP contribution in [0.5, 0.6) is 0 Å². The minimum atomic E-state index is -0.571. The molecule has 1 fully saturated rings. The molecule has 1 aliphatic carbocycles. The predicted molar refractivity (Wildman–Crippen MR) is 83.1 cm³/mol. The zero-order valence-electron chi connectivity index (χ0n) is 12.8. The summed E-state index contributed by atoms with van der Waals surface area (Å²) in [4.78, 5) is 37.6. The normalized spacial score (nSPS) is 14.8. The van der Waals surface area contributed by atoms with Gasteiger partial charge in [-0.05, 0) is 31.1 Å². The molecule has 6 nitrogen and oxygen atoms in total. The number of rotatable bonds is 5. The monoisotopic (exact) mass is 311 g/mol. The highest BCUT2D eigenvalue weighted by atomic mass is 16.2. The van der Waals surface area contributed by atoms with Gasteiger partial charge in [0.05, 0.1) is 11.5 Å². The van der Waals surface area contributed by atoms with Gasteiger partial charge >= 0.3 is 6.03 Å². The summed E-state index contributed by atoms with van der Waals surface area (Å²) in [5.74, 6) is -0.443.